The summed E-state index contributed by atoms with van der Waals surface area (Å²) in [4.78, 5) is 11.8. The van der Waals surface area contributed by atoms with E-state index < -0.39 is 30.1 Å². The molecule has 1 N–H and O–H groups in total. The van der Waals surface area contributed by atoms with Crippen LogP contribution >= 0.6 is 0 Å². The molecule has 1 atom stereocenters. The fourth-order valence-electron chi connectivity index (χ4n) is 1.83. The highest BCUT2D eigenvalue weighted by Crippen LogP contribution is 2.41. The maximum absolute atomic E-state index is 13.0. The molecule has 0 aliphatic carbocycles. The van der Waals surface area contributed by atoms with Crippen LogP contribution in [0, 0.1) is 5.92 Å². The molecule has 4 nitrogen and oxygen atoms in total. The number of amides is 1. The van der Waals surface area contributed by atoms with E-state index in [0.29, 0.717) is 12.8 Å². The highest BCUT2D eigenvalue weighted by Gasteiger charge is 2.63. The zero-order chi connectivity index (χ0) is 14.8. The lowest BCUT2D eigenvalue weighted by atomic mass is 10.0. The topological polar surface area (TPSA) is 52.9 Å². The SMILES string of the molecule is CCCCC1=NN(C(=O)C(C)C)[C@](O)(C(F)(F)F)C1. The molecular weight excluding hydrogens is 261 g/mol. The lowest BCUT2D eigenvalue weighted by Gasteiger charge is -2.33. The summed E-state index contributed by atoms with van der Waals surface area (Å²) in [7, 11) is 0. The van der Waals surface area contributed by atoms with Crippen LogP contribution in [0.25, 0.3) is 0 Å². The van der Waals surface area contributed by atoms with Gasteiger partial charge in [0.25, 0.3) is 5.72 Å². The molecular formula is C12H19F3N2O2. The number of aliphatic hydroxyl groups is 1. The predicted octanol–water partition coefficient (Wildman–Crippen LogP) is 2.67. The monoisotopic (exact) mass is 280 g/mol. The van der Waals surface area contributed by atoms with Crippen LogP contribution in [0.5, 0.6) is 0 Å². The van der Waals surface area contributed by atoms with E-state index >= 15 is 0 Å². The minimum Gasteiger partial charge on any atom is -0.362 e. The van der Waals surface area contributed by atoms with Gasteiger partial charge in [-0.1, -0.05) is 27.2 Å². The predicted molar refractivity (Wildman–Crippen MR) is 64.3 cm³/mol. The van der Waals surface area contributed by atoms with E-state index in [2.05, 4.69) is 5.10 Å². The third-order valence-corrected chi connectivity index (χ3v) is 3.02. The number of alkyl halides is 3. The fourth-order valence-corrected chi connectivity index (χ4v) is 1.83. The molecule has 1 heterocycles. The number of carbonyl (C=O) groups excluding carboxylic acids is 1. The molecule has 0 bridgehead atoms. The number of nitrogens with zero attached hydrogens (tertiary/aromatic N) is 2. The summed E-state index contributed by atoms with van der Waals surface area (Å²) in [5, 5.41) is 13.7. The molecule has 0 radical (unpaired) electrons. The first kappa shape index (κ1) is 15.9. The molecule has 0 spiro atoms. The Morgan fingerprint density at radius 3 is 2.53 bits per heavy atom. The molecule has 1 rings (SSSR count). The Labute approximate surface area is 110 Å². The second-order valence-corrected chi connectivity index (χ2v) is 5.07. The summed E-state index contributed by atoms with van der Waals surface area (Å²) in [6, 6.07) is 0. The number of carbonyl (C=O) groups is 1. The average Bonchev–Trinajstić information content (AvgIpc) is 2.63. The van der Waals surface area contributed by atoms with Gasteiger partial charge in [0.05, 0.1) is 0 Å². The normalized spacial score (nSPS) is 24.0. The van der Waals surface area contributed by atoms with E-state index in [-0.39, 0.29) is 10.7 Å². The minimum atomic E-state index is -4.92. The van der Waals surface area contributed by atoms with Crippen molar-refractivity contribution < 1.29 is 23.1 Å². The smallest absolute Gasteiger partial charge is 0.362 e. The number of hydrazone groups is 1. The molecule has 1 aliphatic rings. The van der Waals surface area contributed by atoms with Gasteiger partial charge in [0.15, 0.2) is 0 Å². The maximum Gasteiger partial charge on any atom is 0.438 e. The largest absolute Gasteiger partial charge is 0.438 e. The van der Waals surface area contributed by atoms with Gasteiger partial charge in [0.2, 0.25) is 5.91 Å². The third-order valence-electron chi connectivity index (χ3n) is 3.02. The molecule has 0 unspecified atom stereocenters. The molecule has 0 aromatic carbocycles. The molecule has 0 aromatic rings. The van der Waals surface area contributed by atoms with Crippen molar-refractivity contribution in [2.24, 2.45) is 11.0 Å². The van der Waals surface area contributed by atoms with Crippen molar-refractivity contribution in [2.45, 2.75) is 58.4 Å². The number of rotatable bonds is 4. The Morgan fingerprint density at radius 1 is 1.53 bits per heavy atom. The van der Waals surface area contributed by atoms with Gasteiger partial charge in [-0.05, 0) is 12.8 Å². The Bertz CT molecular complexity index is 380. The third kappa shape index (κ3) is 3.08. The fraction of sp³-hybridized carbons (Fsp3) is 0.833. The van der Waals surface area contributed by atoms with Gasteiger partial charge in [0.1, 0.15) is 0 Å². The van der Waals surface area contributed by atoms with Crippen LogP contribution in [-0.4, -0.2) is 33.6 Å². The minimum absolute atomic E-state index is 0.211. The average molecular weight is 280 g/mol. The standard InChI is InChI=1S/C12H19F3N2O2/c1-4-5-6-9-7-11(19,12(13,14)15)17(16-9)10(18)8(2)3/h8,19H,4-7H2,1-3H3/t11-/m1/s1. The highest BCUT2D eigenvalue weighted by atomic mass is 19.4. The van der Waals surface area contributed by atoms with E-state index in [1.165, 1.54) is 13.8 Å². The Kier molecular flexibility index (Phi) is 4.60. The lowest BCUT2D eigenvalue weighted by molar-refractivity contribution is -0.303. The summed E-state index contributed by atoms with van der Waals surface area (Å²) in [5.41, 5.74) is -2.98. The molecule has 0 aromatic heterocycles. The van der Waals surface area contributed by atoms with Crippen molar-refractivity contribution in [2.75, 3.05) is 0 Å². The van der Waals surface area contributed by atoms with Gasteiger partial charge in [-0.2, -0.15) is 23.3 Å². The molecule has 7 heteroatoms. The second-order valence-electron chi connectivity index (χ2n) is 5.07. The maximum atomic E-state index is 13.0. The van der Waals surface area contributed by atoms with E-state index in [9.17, 15) is 23.1 Å². The lowest BCUT2D eigenvalue weighted by Crippen LogP contribution is -2.57. The van der Waals surface area contributed by atoms with Crippen molar-refractivity contribution in [1.29, 1.82) is 0 Å². The Balaban J connectivity index is 3.03. The Morgan fingerprint density at radius 2 is 2.11 bits per heavy atom. The van der Waals surface area contributed by atoms with Crippen LogP contribution < -0.4 is 0 Å². The van der Waals surface area contributed by atoms with Crippen LogP contribution in [-0.2, 0) is 4.79 Å². The highest BCUT2D eigenvalue weighted by molar-refractivity contribution is 5.91. The molecule has 0 saturated heterocycles. The number of hydrogen-bond acceptors (Lipinski definition) is 3. The number of hydrogen-bond donors (Lipinski definition) is 1. The first-order chi connectivity index (χ1) is 8.63. The van der Waals surface area contributed by atoms with Gasteiger partial charge in [-0.3, -0.25) is 4.79 Å². The van der Waals surface area contributed by atoms with Crippen molar-refractivity contribution in [1.82, 2.24) is 5.01 Å². The first-order valence-electron chi connectivity index (χ1n) is 6.33. The zero-order valence-corrected chi connectivity index (χ0v) is 11.3. The van der Waals surface area contributed by atoms with Crippen molar-refractivity contribution >= 4 is 11.6 Å². The second kappa shape index (κ2) is 5.48. The van der Waals surface area contributed by atoms with E-state index in [0.717, 1.165) is 6.42 Å². The van der Waals surface area contributed by atoms with Crippen LogP contribution in [0.4, 0.5) is 13.2 Å². The summed E-state index contributed by atoms with van der Waals surface area (Å²) < 4.78 is 39.0. The molecule has 1 amide bonds. The zero-order valence-electron chi connectivity index (χ0n) is 11.3. The van der Waals surface area contributed by atoms with E-state index in [1.54, 1.807) is 0 Å². The Hall–Kier alpha value is -1.11. The quantitative estimate of drug-likeness (QED) is 0.860. The van der Waals surface area contributed by atoms with E-state index in [1.807, 2.05) is 6.92 Å². The van der Waals surface area contributed by atoms with Crippen molar-refractivity contribution in [3.63, 3.8) is 0 Å². The molecule has 19 heavy (non-hydrogen) atoms. The van der Waals surface area contributed by atoms with Gasteiger partial charge < -0.3 is 5.11 Å². The molecule has 110 valence electrons. The van der Waals surface area contributed by atoms with Crippen LogP contribution in [0.2, 0.25) is 0 Å². The number of halogens is 3. The summed E-state index contributed by atoms with van der Waals surface area (Å²) in [6.07, 6.45) is -3.74. The molecule has 0 saturated carbocycles. The first-order valence-corrected chi connectivity index (χ1v) is 6.33. The number of unbranched alkanes of at least 4 members (excludes halogenated alkanes) is 1. The molecule has 1 aliphatic heterocycles. The molecule has 0 fully saturated rings. The summed E-state index contributed by atoms with van der Waals surface area (Å²) >= 11 is 0. The van der Waals surface area contributed by atoms with Crippen LogP contribution in [0.1, 0.15) is 46.5 Å². The van der Waals surface area contributed by atoms with Crippen LogP contribution in [0.3, 0.4) is 0 Å². The van der Waals surface area contributed by atoms with Crippen molar-refractivity contribution in [3.05, 3.63) is 0 Å². The summed E-state index contributed by atoms with van der Waals surface area (Å²) in [6.45, 7) is 4.85. The van der Waals surface area contributed by atoms with Crippen molar-refractivity contribution in [3.8, 4) is 0 Å². The van der Waals surface area contributed by atoms with E-state index in [4.69, 9.17) is 0 Å². The van der Waals surface area contributed by atoms with Gasteiger partial charge >= 0.3 is 6.18 Å². The summed E-state index contributed by atoms with van der Waals surface area (Å²) in [5.74, 6) is -1.49. The van der Waals surface area contributed by atoms with Gasteiger partial charge in [-0.15, -0.1) is 0 Å². The van der Waals surface area contributed by atoms with Crippen LogP contribution in [0.15, 0.2) is 5.10 Å². The van der Waals surface area contributed by atoms with Gasteiger partial charge in [0, 0.05) is 18.1 Å². The van der Waals surface area contributed by atoms with Gasteiger partial charge in [-0.25, -0.2) is 0 Å².